The van der Waals surface area contributed by atoms with Gasteiger partial charge in [0.1, 0.15) is 0 Å². The van der Waals surface area contributed by atoms with E-state index in [2.05, 4.69) is 5.32 Å². The SMILES string of the molecule is Cc1ccc(-c2cc(C(=O)Nc3ccc(C)c(S(=O)(=O)N(C)C)c3)c3ccccc3n2)cc1. The maximum atomic E-state index is 13.3. The Hall–Kier alpha value is -3.55. The molecule has 4 rings (SSSR count). The second kappa shape index (κ2) is 8.77. The molecule has 0 aliphatic carbocycles. The molecule has 1 N–H and O–H groups in total. The summed E-state index contributed by atoms with van der Waals surface area (Å²) in [4.78, 5) is 18.2. The lowest BCUT2D eigenvalue weighted by Crippen LogP contribution is -2.23. The van der Waals surface area contributed by atoms with Crippen LogP contribution in [0.1, 0.15) is 21.5 Å². The van der Waals surface area contributed by atoms with E-state index in [-0.39, 0.29) is 10.8 Å². The first-order chi connectivity index (χ1) is 15.7. The molecule has 0 saturated heterocycles. The number of carbonyl (C=O) groups is 1. The van der Waals surface area contributed by atoms with Crippen LogP contribution < -0.4 is 5.32 Å². The van der Waals surface area contributed by atoms with E-state index >= 15 is 0 Å². The third-order valence-corrected chi connectivity index (χ3v) is 7.47. The lowest BCUT2D eigenvalue weighted by Gasteiger charge is -2.15. The second-order valence-corrected chi connectivity index (χ2v) is 10.3. The monoisotopic (exact) mass is 459 g/mol. The number of amides is 1. The van der Waals surface area contributed by atoms with Crippen molar-refractivity contribution < 1.29 is 13.2 Å². The van der Waals surface area contributed by atoms with Gasteiger partial charge in [-0.05, 0) is 43.7 Å². The largest absolute Gasteiger partial charge is 0.322 e. The molecule has 0 atom stereocenters. The number of fused-ring (bicyclic) bond motifs is 1. The number of aryl methyl sites for hydroxylation is 2. The van der Waals surface area contributed by atoms with Crippen LogP contribution >= 0.6 is 0 Å². The Balaban J connectivity index is 1.77. The van der Waals surface area contributed by atoms with Gasteiger partial charge in [0.2, 0.25) is 10.0 Å². The fraction of sp³-hybridized carbons (Fsp3) is 0.154. The number of hydrogen-bond acceptors (Lipinski definition) is 4. The van der Waals surface area contributed by atoms with E-state index < -0.39 is 10.0 Å². The zero-order valence-electron chi connectivity index (χ0n) is 19.0. The van der Waals surface area contributed by atoms with Gasteiger partial charge in [0.25, 0.3) is 5.91 Å². The first-order valence-corrected chi connectivity index (χ1v) is 11.9. The maximum Gasteiger partial charge on any atom is 0.256 e. The number of benzene rings is 3. The first-order valence-electron chi connectivity index (χ1n) is 10.5. The molecule has 1 heterocycles. The van der Waals surface area contributed by atoms with Crippen molar-refractivity contribution in [3.8, 4) is 11.3 Å². The van der Waals surface area contributed by atoms with Gasteiger partial charge in [0, 0.05) is 30.7 Å². The van der Waals surface area contributed by atoms with Gasteiger partial charge >= 0.3 is 0 Å². The molecule has 0 fully saturated rings. The highest BCUT2D eigenvalue weighted by Crippen LogP contribution is 2.27. The molecule has 0 bridgehead atoms. The molecule has 0 spiro atoms. The van der Waals surface area contributed by atoms with E-state index in [1.54, 1.807) is 25.1 Å². The molecular formula is C26H25N3O3S. The summed E-state index contributed by atoms with van der Waals surface area (Å²) in [5.74, 6) is -0.334. The highest BCUT2D eigenvalue weighted by atomic mass is 32.2. The number of sulfonamides is 1. The second-order valence-electron chi connectivity index (χ2n) is 8.16. The molecule has 3 aromatic carbocycles. The third kappa shape index (κ3) is 4.51. The lowest BCUT2D eigenvalue weighted by atomic mass is 10.0. The summed E-state index contributed by atoms with van der Waals surface area (Å²) in [6.07, 6.45) is 0. The highest BCUT2D eigenvalue weighted by molar-refractivity contribution is 7.89. The predicted octanol–water partition coefficient (Wildman–Crippen LogP) is 5.02. The van der Waals surface area contributed by atoms with Crippen molar-refractivity contribution in [2.75, 3.05) is 19.4 Å². The van der Waals surface area contributed by atoms with Crippen LogP contribution in [0.2, 0.25) is 0 Å². The molecule has 7 heteroatoms. The van der Waals surface area contributed by atoms with Crippen molar-refractivity contribution in [1.29, 1.82) is 0 Å². The quantitative estimate of drug-likeness (QED) is 0.454. The first kappa shape index (κ1) is 22.6. The number of rotatable bonds is 5. The average molecular weight is 460 g/mol. The van der Waals surface area contributed by atoms with E-state index in [0.717, 1.165) is 20.8 Å². The summed E-state index contributed by atoms with van der Waals surface area (Å²) in [7, 11) is -0.676. The van der Waals surface area contributed by atoms with Gasteiger partial charge in [-0.25, -0.2) is 17.7 Å². The molecule has 6 nitrogen and oxygen atoms in total. The summed E-state index contributed by atoms with van der Waals surface area (Å²) in [5, 5.41) is 3.59. The normalized spacial score (nSPS) is 11.7. The Morgan fingerprint density at radius 3 is 2.30 bits per heavy atom. The molecule has 1 aromatic heterocycles. The Bertz CT molecular complexity index is 1460. The molecule has 0 unspecified atom stereocenters. The number of carbonyl (C=O) groups excluding carboxylic acids is 1. The van der Waals surface area contributed by atoms with Crippen LogP contribution in [0.25, 0.3) is 22.2 Å². The minimum atomic E-state index is -3.64. The summed E-state index contributed by atoms with van der Waals surface area (Å²) in [5.41, 5.74) is 4.94. The van der Waals surface area contributed by atoms with E-state index in [0.29, 0.717) is 28.0 Å². The van der Waals surface area contributed by atoms with Crippen LogP contribution in [0.15, 0.2) is 77.7 Å². The number of aromatic nitrogens is 1. The van der Waals surface area contributed by atoms with Crippen LogP contribution in [0.5, 0.6) is 0 Å². The van der Waals surface area contributed by atoms with E-state index in [1.807, 2.05) is 55.5 Å². The average Bonchev–Trinajstić information content (AvgIpc) is 2.79. The molecule has 168 valence electrons. The molecule has 0 saturated carbocycles. The van der Waals surface area contributed by atoms with Crippen molar-refractivity contribution in [2.24, 2.45) is 0 Å². The van der Waals surface area contributed by atoms with Crippen LogP contribution in [0.3, 0.4) is 0 Å². The van der Waals surface area contributed by atoms with Crippen LogP contribution in [-0.2, 0) is 10.0 Å². The van der Waals surface area contributed by atoms with E-state index in [9.17, 15) is 13.2 Å². The molecule has 0 aliphatic rings. The number of pyridine rings is 1. The Labute approximate surface area is 194 Å². The van der Waals surface area contributed by atoms with Gasteiger partial charge in [-0.15, -0.1) is 0 Å². The summed E-state index contributed by atoms with van der Waals surface area (Å²) in [6, 6.07) is 22.1. The zero-order valence-corrected chi connectivity index (χ0v) is 19.8. The zero-order chi connectivity index (χ0) is 23.8. The van der Waals surface area contributed by atoms with Gasteiger partial charge in [0.15, 0.2) is 0 Å². The lowest BCUT2D eigenvalue weighted by molar-refractivity contribution is 0.102. The summed E-state index contributed by atoms with van der Waals surface area (Å²) < 4.78 is 26.5. The van der Waals surface area contributed by atoms with Gasteiger partial charge in [-0.3, -0.25) is 4.79 Å². The number of nitrogens with zero attached hydrogens (tertiary/aromatic N) is 2. The Kier molecular flexibility index (Phi) is 6.01. The Morgan fingerprint density at radius 2 is 1.61 bits per heavy atom. The highest BCUT2D eigenvalue weighted by Gasteiger charge is 2.21. The molecular weight excluding hydrogens is 434 g/mol. The predicted molar refractivity (Wildman–Crippen MR) is 132 cm³/mol. The summed E-state index contributed by atoms with van der Waals surface area (Å²) >= 11 is 0. The van der Waals surface area contributed by atoms with Crippen LogP contribution in [0.4, 0.5) is 5.69 Å². The number of anilines is 1. The van der Waals surface area contributed by atoms with Crippen LogP contribution in [-0.4, -0.2) is 37.7 Å². The topological polar surface area (TPSA) is 79.4 Å². The number of hydrogen-bond donors (Lipinski definition) is 1. The van der Waals surface area contributed by atoms with Gasteiger partial charge in [0.05, 0.1) is 21.7 Å². The van der Waals surface area contributed by atoms with Crippen molar-refractivity contribution in [3.05, 3.63) is 89.5 Å². The van der Waals surface area contributed by atoms with E-state index in [4.69, 9.17) is 4.98 Å². The molecule has 0 aliphatic heterocycles. The molecule has 0 radical (unpaired) electrons. The molecule has 33 heavy (non-hydrogen) atoms. The molecule has 1 amide bonds. The van der Waals surface area contributed by atoms with Crippen molar-refractivity contribution in [2.45, 2.75) is 18.7 Å². The number of nitrogens with one attached hydrogen (secondary N) is 1. The van der Waals surface area contributed by atoms with Gasteiger partial charge < -0.3 is 5.32 Å². The van der Waals surface area contributed by atoms with Crippen LogP contribution in [0, 0.1) is 13.8 Å². The minimum Gasteiger partial charge on any atom is -0.322 e. The molecule has 4 aromatic rings. The fourth-order valence-electron chi connectivity index (χ4n) is 3.59. The number of para-hydroxylation sites is 1. The third-order valence-electron chi connectivity index (χ3n) is 5.51. The van der Waals surface area contributed by atoms with Crippen molar-refractivity contribution in [1.82, 2.24) is 9.29 Å². The van der Waals surface area contributed by atoms with Crippen molar-refractivity contribution in [3.63, 3.8) is 0 Å². The van der Waals surface area contributed by atoms with Gasteiger partial charge in [-0.1, -0.05) is 54.1 Å². The fourth-order valence-corrected chi connectivity index (χ4v) is 4.73. The van der Waals surface area contributed by atoms with Gasteiger partial charge in [-0.2, -0.15) is 0 Å². The smallest absolute Gasteiger partial charge is 0.256 e. The summed E-state index contributed by atoms with van der Waals surface area (Å²) in [6.45, 7) is 3.75. The minimum absolute atomic E-state index is 0.158. The Morgan fingerprint density at radius 1 is 0.909 bits per heavy atom. The van der Waals surface area contributed by atoms with E-state index in [1.165, 1.54) is 20.2 Å². The van der Waals surface area contributed by atoms with Crippen molar-refractivity contribution >= 4 is 32.5 Å². The maximum absolute atomic E-state index is 13.3. The standard InChI is InChI=1S/C26H25N3O3S/c1-17-9-12-19(13-10-17)24-16-22(21-7-5-6-8-23(21)28-24)26(30)27-20-14-11-18(2)25(15-20)33(31,32)29(3)4/h5-16H,1-4H3,(H,27,30).